The van der Waals surface area contributed by atoms with Crippen LogP contribution in [0.1, 0.15) is 38.9 Å². The van der Waals surface area contributed by atoms with Crippen molar-refractivity contribution in [1.82, 2.24) is 0 Å². The molecule has 0 aromatic heterocycles. The summed E-state index contributed by atoms with van der Waals surface area (Å²) < 4.78 is 28.7. The van der Waals surface area contributed by atoms with Gasteiger partial charge in [-0.1, -0.05) is 65.9 Å². The summed E-state index contributed by atoms with van der Waals surface area (Å²) in [5.74, 6) is 0.251. The molecule has 0 aliphatic heterocycles. The normalized spacial score (nSPS) is 10.5. The third kappa shape index (κ3) is 5.16. The van der Waals surface area contributed by atoms with Crippen molar-refractivity contribution in [2.24, 2.45) is 0 Å². The molecule has 4 aromatic rings. The SMILES string of the molecule is Cc1ccc(Sc2c(F)c(C#N)c(C#N)c(Oc3c(C)cccc3C)c2Oc2ccccc2C)c(C)c1. The minimum Gasteiger partial charge on any atom is -0.452 e. The Morgan fingerprint density at radius 2 is 1.32 bits per heavy atom. The van der Waals surface area contributed by atoms with Crippen LogP contribution in [-0.2, 0) is 0 Å². The fourth-order valence-corrected chi connectivity index (χ4v) is 5.01. The molecular weight excluding hydrogens is 483 g/mol. The molecule has 4 nitrogen and oxygen atoms in total. The van der Waals surface area contributed by atoms with E-state index < -0.39 is 5.82 Å². The van der Waals surface area contributed by atoms with Crippen molar-refractivity contribution in [3.05, 3.63) is 105 Å². The van der Waals surface area contributed by atoms with Crippen LogP contribution in [0.4, 0.5) is 4.39 Å². The molecule has 4 aromatic carbocycles. The average Bonchev–Trinajstić information content (AvgIpc) is 2.86. The second-order valence-corrected chi connectivity index (χ2v) is 9.89. The van der Waals surface area contributed by atoms with Gasteiger partial charge in [-0.25, -0.2) is 4.39 Å². The molecule has 184 valence electrons. The number of nitrogens with zero attached hydrogens (tertiary/aromatic N) is 2. The largest absolute Gasteiger partial charge is 0.452 e. The fraction of sp³-hybridized carbons (Fsp3) is 0.161. The van der Waals surface area contributed by atoms with Gasteiger partial charge in [0.15, 0.2) is 17.3 Å². The van der Waals surface area contributed by atoms with Crippen molar-refractivity contribution in [2.75, 3.05) is 0 Å². The fourth-order valence-electron chi connectivity index (χ4n) is 4.01. The molecule has 4 rings (SSSR count). The van der Waals surface area contributed by atoms with Crippen molar-refractivity contribution in [2.45, 2.75) is 44.4 Å². The Bertz CT molecular complexity index is 1580. The molecule has 0 aliphatic carbocycles. The molecule has 0 bridgehead atoms. The van der Waals surface area contributed by atoms with Crippen molar-refractivity contribution < 1.29 is 13.9 Å². The topological polar surface area (TPSA) is 66.0 Å². The Morgan fingerprint density at radius 3 is 1.95 bits per heavy atom. The lowest BCUT2D eigenvalue weighted by Gasteiger charge is -2.21. The van der Waals surface area contributed by atoms with Crippen LogP contribution in [0.2, 0.25) is 0 Å². The summed E-state index contributed by atoms with van der Waals surface area (Å²) in [4.78, 5) is 0.873. The number of ether oxygens (including phenoxy) is 2. The highest BCUT2D eigenvalue weighted by molar-refractivity contribution is 7.99. The first-order chi connectivity index (χ1) is 17.7. The zero-order valence-electron chi connectivity index (χ0n) is 21.3. The van der Waals surface area contributed by atoms with Gasteiger partial charge >= 0.3 is 0 Å². The van der Waals surface area contributed by atoms with Gasteiger partial charge in [0.2, 0.25) is 0 Å². The molecule has 0 unspecified atom stereocenters. The number of hydrogen-bond donors (Lipinski definition) is 0. The minimum atomic E-state index is -0.818. The molecule has 0 fully saturated rings. The average molecular weight is 509 g/mol. The maximum atomic E-state index is 16.0. The molecule has 0 saturated heterocycles. The molecular formula is C31H25FN2O2S. The van der Waals surface area contributed by atoms with Gasteiger partial charge in [0.25, 0.3) is 0 Å². The Kier molecular flexibility index (Phi) is 7.53. The quantitative estimate of drug-likeness (QED) is 0.260. The second-order valence-electron chi connectivity index (χ2n) is 8.84. The van der Waals surface area contributed by atoms with E-state index in [0.29, 0.717) is 11.5 Å². The van der Waals surface area contributed by atoms with Gasteiger partial charge in [-0.2, -0.15) is 10.5 Å². The van der Waals surface area contributed by atoms with Gasteiger partial charge in [-0.05, 0) is 69.0 Å². The predicted molar refractivity (Wildman–Crippen MR) is 143 cm³/mol. The summed E-state index contributed by atoms with van der Waals surface area (Å²) in [6.45, 7) is 9.58. The van der Waals surface area contributed by atoms with Crippen LogP contribution < -0.4 is 9.47 Å². The monoisotopic (exact) mass is 508 g/mol. The van der Waals surface area contributed by atoms with Gasteiger partial charge in [0.1, 0.15) is 34.8 Å². The Balaban J connectivity index is 2.04. The van der Waals surface area contributed by atoms with E-state index in [0.717, 1.165) is 44.5 Å². The van der Waals surface area contributed by atoms with Crippen LogP contribution in [0.5, 0.6) is 23.0 Å². The highest BCUT2D eigenvalue weighted by atomic mass is 32.2. The molecule has 37 heavy (non-hydrogen) atoms. The summed E-state index contributed by atoms with van der Waals surface area (Å²) in [5, 5.41) is 20.0. The van der Waals surface area contributed by atoms with Crippen molar-refractivity contribution in [1.29, 1.82) is 10.5 Å². The standard InChI is InChI=1S/C31H25FN2O2S/c1-18-13-14-26(22(5)15-18)37-31-27(32)23(16-33)24(17-34)29(36-28-20(3)10-8-11-21(28)4)30(31)35-25-12-7-6-9-19(25)2/h6-15H,1-5H3. The number of hydrogen-bond acceptors (Lipinski definition) is 5. The van der Waals surface area contributed by atoms with Crippen LogP contribution in [0, 0.1) is 63.1 Å². The van der Waals surface area contributed by atoms with Gasteiger partial charge in [0, 0.05) is 4.90 Å². The number of halogens is 1. The van der Waals surface area contributed by atoms with Crippen LogP contribution >= 0.6 is 11.8 Å². The van der Waals surface area contributed by atoms with Gasteiger partial charge in [-0.15, -0.1) is 0 Å². The van der Waals surface area contributed by atoms with E-state index in [1.807, 2.05) is 101 Å². The summed E-state index contributed by atoms with van der Waals surface area (Å²) in [6, 6.07) is 22.7. The first kappa shape index (κ1) is 25.8. The molecule has 0 spiro atoms. The Labute approximate surface area is 220 Å². The highest BCUT2D eigenvalue weighted by Crippen LogP contribution is 2.50. The maximum Gasteiger partial charge on any atom is 0.190 e. The lowest BCUT2D eigenvalue weighted by molar-refractivity contribution is 0.397. The lowest BCUT2D eigenvalue weighted by Crippen LogP contribution is -2.04. The van der Waals surface area contributed by atoms with Crippen molar-refractivity contribution >= 4 is 11.8 Å². The van der Waals surface area contributed by atoms with Crippen LogP contribution in [0.25, 0.3) is 0 Å². The van der Waals surface area contributed by atoms with Gasteiger partial charge < -0.3 is 9.47 Å². The summed E-state index contributed by atoms with van der Waals surface area (Å²) >= 11 is 1.14. The predicted octanol–water partition coefficient (Wildman–Crippen LogP) is 8.85. The number of para-hydroxylation sites is 2. The summed E-state index contributed by atoms with van der Waals surface area (Å²) in [7, 11) is 0. The Hall–Kier alpha value is -4.26. The third-order valence-corrected chi connectivity index (χ3v) is 7.24. The zero-order valence-corrected chi connectivity index (χ0v) is 22.1. The molecule has 0 saturated carbocycles. The smallest absolute Gasteiger partial charge is 0.190 e. The van der Waals surface area contributed by atoms with E-state index in [4.69, 9.17) is 9.47 Å². The zero-order chi connectivity index (χ0) is 26.7. The molecule has 0 N–H and O–H groups in total. The van der Waals surface area contributed by atoms with E-state index in [2.05, 4.69) is 0 Å². The van der Waals surface area contributed by atoms with Crippen LogP contribution in [-0.4, -0.2) is 0 Å². The minimum absolute atomic E-state index is 0.00775. The number of rotatable bonds is 6. The summed E-state index contributed by atoms with van der Waals surface area (Å²) in [5.41, 5.74) is 3.92. The van der Waals surface area contributed by atoms with Crippen LogP contribution in [0.3, 0.4) is 0 Å². The second kappa shape index (κ2) is 10.8. The lowest BCUT2D eigenvalue weighted by atomic mass is 10.1. The van der Waals surface area contributed by atoms with E-state index in [1.165, 1.54) is 0 Å². The molecule has 0 atom stereocenters. The molecule has 6 heteroatoms. The van der Waals surface area contributed by atoms with Gasteiger partial charge in [-0.3, -0.25) is 0 Å². The molecule has 0 amide bonds. The third-order valence-electron chi connectivity index (χ3n) is 5.99. The number of nitriles is 2. The van der Waals surface area contributed by atoms with E-state index in [9.17, 15) is 10.5 Å². The number of benzene rings is 4. The van der Waals surface area contributed by atoms with Crippen molar-refractivity contribution in [3.63, 3.8) is 0 Å². The van der Waals surface area contributed by atoms with E-state index >= 15 is 4.39 Å². The highest BCUT2D eigenvalue weighted by Gasteiger charge is 2.30. The Morgan fingerprint density at radius 1 is 0.676 bits per heavy atom. The van der Waals surface area contributed by atoms with Crippen LogP contribution in [0.15, 0.2) is 70.5 Å². The first-order valence-corrected chi connectivity index (χ1v) is 12.5. The summed E-state index contributed by atoms with van der Waals surface area (Å²) in [6.07, 6.45) is 0. The van der Waals surface area contributed by atoms with E-state index in [1.54, 1.807) is 6.07 Å². The van der Waals surface area contributed by atoms with Gasteiger partial charge in [0.05, 0.1) is 4.90 Å². The molecule has 0 radical (unpaired) electrons. The number of aryl methyl sites for hydroxylation is 5. The van der Waals surface area contributed by atoms with E-state index in [-0.39, 0.29) is 27.5 Å². The van der Waals surface area contributed by atoms with Crippen molar-refractivity contribution in [3.8, 4) is 35.1 Å². The molecule has 0 aliphatic rings. The molecule has 0 heterocycles. The maximum absolute atomic E-state index is 16.0. The first-order valence-electron chi connectivity index (χ1n) is 11.7.